The lowest BCUT2D eigenvalue weighted by Crippen LogP contribution is -2.41. The van der Waals surface area contributed by atoms with Crippen LogP contribution in [-0.4, -0.2) is 29.2 Å². The Hall–Kier alpha value is -2.34. The highest BCUT2D eigenvalue weighted by Gasteiger charge is 2.23. The Morgan fingerprint density at radius 1 is 1.32 bits per heavy atom. The zero-order valence-corrected chi connectivity index (χ0v) is 15.0. The van der Waals surface area contributed by atoms with Crippen molar-refractivity contribution in [2.45, 2.75) is 39.8 Å². The SMILES string of the molecule is Cc1n[nH]c(C)c1CNCc1ccc(N2CCC[C@H](C(N)=O)C2)cc1. The van der Waals surface area contributed by atoms with Crippen molar-refractivity contribution < 1.29 is 4.79 Å². The quantitative estimate of drug-likeness (QED) is 0.750. The number of primary amides is 1. The number of H-pyrrole nitrogens is 1. The molecular formula is C19H27N5O. The first kappa shape index (κ1) is 17.5. The van der Waals surface area contributed by atoms with Gasteiger partial charge < -0.3 is 16.0 Å². The zero-order valence-electron chi connectivity index (χ0n) is 15.0. The molecule has 3 rings (SSSR count). The van der Waals surface area contributed by atoms with Crippen LogP contribution in [0.2, 0.25) is 0 Å². The second-order valence-corrected chi connectivity index (χ2v) is 6.87. The van der Waals surface area contributed by atoms with Gasteiger partial charge in [-0.25, -0.2) is 0 Å². The van der Waals surface area contributed by atoms with Gasteiger partial charge in [0.15, 0.2) is 0 Å². The van der Waals surface area contributed by atoms with Gasteiger partial charge in [-0.1, -0.05) is 12.1 Å². The second kappa shape index (κ2) is 7.70. The third-order valence-corrected chi connectivity index (χ3v) is 5.04. The molecule has 1 aromatic heterocycles. The Morgan fingerprint density at radius 2 is 2.08 bits per heavy atom. The van der Waals surface area contributed by atoms with Crippen molar-refractivity contribution in [1.29, 1.82) is 0 Å². The van der Waals surface area contributed by atoms with Gasteiger partial charge in [0.2, 0.25) is 5.91 Å². The van der Waals surface area contributed by atoms with Crippen LogP contribution in [0, 0.1) is 19.8 Å². The van der Waals surface area contributed by atoms with Crippen molar-refractivity contribution in [2.75, 3.05) is 18.0 Å². The molecule has 134 valence electrons. The molecule has 4 N–H and O–H groups in total. The number of hydrogen-bond acceptors (Lipinski definition) is 4. The number of nitrogens with zero attached hydrogens (tertiary/aromatic N) is 2. The van der Waals surface area contributed by atoms with E-state index in [1.165, 1.54) is 11.1 Å². The van der Waals surface area contributed by atoms with Crippen LogP contribution in [0.1, 0.15) is 35.4 Å². The van der Waals surface area contributed by atoms with Gasteiger partial charge >= 0.3 is 0 Å². The van der Waals surface area contributed by atoms with E-state index in [1.54, 1.807) is 0 Å². The maximum absolute atomic E-state index is 11.4. The molecule has 0 bridgehead atoms. The molecular weight excluding hydrogens is 314 g/mol. The third-order valence-electron chi connectivity index (χ3n) is 5.04. The predicted octanol–water partition coefficient (Wildman–Crippen LogP) is 2.02. The number of carbonyl (C=O) groups is 1. The van der Waals surface area contributed by atoms with Gasteiger partial charge in [0.05, 0.1) is 11.6 Å². The first-order valence-corrected chi connectivity index (χ1v) is 8.89. The first-order chi connectivity index (χ1) is 12.0. The summed E-state index contributed by atoms with van der Waals surface area (Å²) in [5.41, 5.74) is 11.3. The summed E-state index contributed by atoms with van der Waals surface area (Å²) in [4.78, 5) is 13.7. The largest absolute Gasteiger partial charge is 0.371 e. The maximum atomic E-state index is 11.4. The molecule has 1 aromatic carbocycles. The van der Waals surface area contributed by atoms with E-state index in [0.717, 1.165) is 56.1 Å². The standard InChI is InChI=1S/C19H27N5O/c1-13-18(14(2)23-22-13)11-21-10-15-5-7-17(8-6-15)24-9-3-4-16(12-24)19(20)25/h5-8,16,21H,3-4,9-12H2,1-2H3,(H2,20,25)(H,22,23)/t16-/m0/s1. The van der Waals surface area contributed by atoms with Gasteiger partial charge in [-0.15, -0.1) is 0 Å². The summed E-state index contributed by atoms with van der Waals surface area (Å²) in [7, 11) is 0. The van der Waals surface area contributed by atoms with Gasteiger partial charge in [-0.3, -0.25) is 9.89 Å². The Morgan fingerprint density at radius 3 is 2.72 bits per heavy atom. The van der Waals surface area contributed by atoms with E-state index in [-0.39, 0.29) is 11.8 Å². The monoisotopic (exact) mass is 341 g/mol. The number of aromatic amines is 1. The molecule has 2 aromatic rings. The van der Waals surface area contributed by atoms with E-state index >= 15 is 0 Å². The number of carbonyl (C=O) groups excluding carboxylic acids is 1. The summed E-state index contributed by atoms with van der Waals surface area (Å²) in [6.07, 6.45) is 1.92. The van der Waals surface area contributed by atoms with Crippen LogP contribution in [0.5, 0.6) is 0 Å². The van der Waals surface area contributed by atoms with Crippen molar-refractivity contribution in [1.82, 2.24) is 15.5 Å². The molecule has 2 heterocycles. The smallest absolute Gasteiger partial charge is 0.222 e. The Kier molecular flexibility index (Phi) is 5.38. The topological polar surface area (TPSA) is 87.0 Å². The van der Waals surface area contributed by atoms with Gasteiger partial charge in [-0.05, 0) is 44.4 Å². The predicted molar refractivity (Wildman–Crippen MR) is 99.2 cm³/mol. The number of hydrogen-bond donors (Lipinski definition) is 3. The molecule has 25 heavy (non-hydrogen) atoms. The highest BCUT2D eigenvalue weighted by molar-refractivity contribution is 5.77. The molecule has 1 atom stereocenters. The molecule has 1 amide bonds. The maximum Gasteiger partial charge on any atom is 0.222 e. The Bertz CT molecular complexity index is 702. The fourth-order valence-corrected chi connectivity index (χ4v) is 3.43. The molecule has 0 aliphatic carbocycles. The molecule has 0 radical (unpaired) electrons. The molecule has 0 spiro atoms. The summed E-state index contributed by atoms with van der Waals surface area (Å²) < 4.78 is 0. The van der Waals surface area contributed by atoms with Crippen LogP contribution in [-0.2, 0) is 17.9 Å². The summed E-state index contributed by atoms with van der Waals surface area (Å²) in [5.74, 6) is -0.216. The lowest BCUT2D eigenvalue weighted by molar-refractivity contribution is -0.122. The number of nitrogens with one attached hydrogen (secondary N) is 2. The van der Waals surface area contributed by atoms with Crippen LogP contribution in [0.4, 0.5) is 5.69 Å². The van der Waals surface area contributed by atoms with E-state index < -0.39 is 0 Å². The van der Waals surface area contributed by atoms with E-state index in [4.69, 9.17) is 5.73 Å². The molecule has 1 saturated heterocycles. The Balaban J connectivity index is 1.54. The molecule has 6 heteroatoms. The number of aromatic nitrogens is 2. The van der Waals surface area contributed by atoms with Crippen molar-refractivity contribution in [3.05, 3.63) is 46.8 Å². The number of rotatable bonds is 6. The number of amides is 1. The first-order valence-electron chi connectivity index (χ1n) is 8.89. The molecule has 6 nitrogen and oxygen atoms in total. The number of aryl methyl sites for hydroxylation is 2. The fourth-order valence-electron chi connectivity index (χ4n) is 3.43. The third kappa shape index (κ3) is 4.20. The normalized spacial score (nSPS) is 17.7. The number of benzene rings is 1. The van der Waals surface area contributed by atoms with Crippen LogP contribution >= 0.6 is 0 Å². The fraction of sp³-hybridized carbons (Fsp3) is 0.474. The lowest BCUT2D eigenvalue weighted by atomic mass is 9.97. The average molecular weight is 341 g/mol. The van der Waals surface area contributed by atoms with Crippen LogP contribution < -0.4 is 16.0 Å². The highest BCUT2D eigenvalue weighted by atomic mass is 16.1. The summed E-state index contributed by atoms with van der Waals surface area (Å²) in [6, 6.07) is 8.56. The van der Waals surface area contributed by atoms with Gasteiger partial charge in [0.25, 0.3) is 0 Å². The summed E-state index contributed by atoms with van der Waals surface area (Å²) >= 11 is 0. The minimum Gasteiger partial charge on any atom is -0.371 e. The highest BCUT2D eigenvalue weighted by Crippen LogP contribution is 2.23. The van der Waals surface area contributed by atoms with E-state index in [1.807, 2.05) is 13.8 Å². The van der Waals surface area contributed by atoms with E-state index in [2.05, 4.69) is 44.7 Å². The van der Waals surface area contributed by atoms with Gasteiger partial charge in [-0.2, -0.15) is 5.10 Å². The minimum absolute atomic E-state index is 0.0310. The zero-order chi connectivity index (χ0) is 17.8. The molecule has 1 aliphatic rings. The number of piperidine rings is 1. The summed E-state index contributed by atoms with van der Waals surface area (Å²) in [5, 5.41) is 10.7. The molecule has 1 fully saturated rings. The van der Waals surface area contributed by atoms with Crippen molar-refractivity contribution in [3.63, 3.8) is 0 Å². The van der Waals surface area contributed by atoms with Crippen LogP contribution in [0.15, 0.2) is 24.3 Å². The van der Waals surface area contributed by atoms with Crippen molar-refractivity contribution >= 4 is 11.6 Å². The van der Waals surface area contributed by atoms with Crippen LogP contribution in [0.25, 0.3) is 0 Å². The summed E-state index contributed by atoms with van der Waals surface area (Å²) in [6.45, 7) is 7.40. The van der Waals surface area contributed by atoms with Crippen molar-refractivity contribution in [3.8, 4) is 0 Å². The molecule has 0 unspecified atom stereocenters. The second-order valence-electron chi connectivity index (χ2n) is 6.87. The average Bonchev–Trinajstić information content (AvgIpc) is 2.94. The molecule has 0 saturated carbocycles. The van der Waals surface area contributed by atoms with Crippen LogP contribution in [0.3, 0.4) is 0 Å². The minimum atomic E-state index is -0.185. The van der Waals surface area contributed by atoms with Gasteiger partial charge in [0, 0.05) is 43.1 Å². The van der Waals surface area contributed by atoms with Crippen molar-refractivity contribution in [2.24, 2.45) is 11.7 Å². The lowest BCUT2D eigenvalue weighted by Gasteiger charge is -2.33. The van der Waals surface area contributed by atoms with E-state index in [9.17, 15) is 4.79 Å². The molecule has 1 aliphatic heterocycles. The van der Waals surface area contributed by atoms with Gasteiger partial charge in [0.1, 0.15) is 0 Å². The Labute approximate surface area is 148 Å². The number of nitrogens with two attached hydrogens (primary N) is 1. The number of anilines is 1. The van der Waals surface area contributed by atoms with E-state index in [0.29, 0.717) is 0 Å².